The number of aromatic amines is 1. The second-order valence-electron chi connectivity index (χ2n) is 5.06. The third-order valence-electron chi connectivity index (χ3n) is 3.72. The van der Waals surface area contributed by atoms with Crippen LogP contribution in [-0.4, -0.2) is 29.6 Å². The van der Waals surface area contributed by atoms with Gasteiger partial charge in [0.25, 0.3) is 0 Å². The number of para-hydroxylation sites is 1. The molecule has 0 unspecified atom stereocenters. The van der Waals surface area contributed by atoms with Crippen LogP contribution < -0.4 is 4.74 Å². The molecule has 1 heterocycles. The molecule has 0 fully saturated rings. The number of carbonyl (C=O) groups is 1. The number of H-pyrrole nitrogens is 1. The van der Waals surface area contributed by atoms with Gasteiger partial charge in [0, 0.05) is 35.2 Å². The Morgan fingerprint density at radius 3 is 2.55 bits per heavy atom. The number of rotatable bonds is 5. The Morgan fingerprint density at radius 2 is 1.86 bits per heavy atom. The molecule has 112 valence electrons. The fourth-order valence-electron chi connectivity index (χ4n) is 2.64. The standard InChI is InChI=1S/C18H17NO3/c1-22-13-8-6-12(7-9-13)18(21)17-14-4-2-3-5-15(14)19-16(17)10-11-20/h2-9,19-20H,10-11H2,1H3. The predicted octanol–water partition coefficient (Wildman–Crippen LogP) is 2.94. The molecule has 0 bridgehead atoms. The molecule has 4 nitrogen and oxygen atoms in total. The number of aromatic nitrogens is 1. The summed E-state index contributed by atoms with van der Waals surface area (Å²) in [6.07, 6.45) is 0.423. The molecule has 0 aliphatic heterocycles. The van der Waals surface area contributed by atoms with Crippen LogP contribution in [0.5, 0.6) is 5.75 Å². The van der Waals surface area contributed by atoms with Crippen molar-refractivity contribution in [1.82, 2.24) is 4.98 Å². The van der Waals surface area contributed by atoms with Crippen molar-refractivity contribution in [2.45, 2.75) is 6.42 Å². The first-order valence-electron chi connectivity index (χ1n) is 7.13. The number of ether oxygens (including phenoxy) is 1. The number of ketones is 1. The predicted molar refractivity (Wildman–Crippen MR) is 85.5 cm³/mol. The van der Waals surface area contributed by atoms with E-state index in [9.17, 15) is 9.90 Å². The van der Waals surface area contributed by atoms with Crippen LogP contribution in [0, 0.1) is 0 Å². The van der Waals surface area contributed by atoms with E-state index in [-0.39, 0.29) is 12.4 Å². The molecule has 1 aromatic heterocycles. The van der Waals surface area contributed by atoms with Gasteiger partial charge in [-0.3, -0.25) is 4.79 Å². The van der Waals surface area contributed by atoms with Crippen LogP contribution in [0.3, 0.4) is 0 Å². The fourth-order valence-corrected chi connectivity index (χ4v) is 2.64. The molecule has 0 aliphatic rings. The summed E-state index contributed by atoms with van der Waals surface area (Å²) in [7, 11) is 1.59. The van der Waals surface area contributed by atoms with E-state index in [1.807, 2.05) is 24.3 Å². The van der Waals surface area contributed by atoms with Gasteiger partial charge in [-0.15, -0.1) is 0 Å². The lowest BCUT2D eigenvalue weighted by Gasteiger charge is -2.05. The topological polar surface area (TPSA) is 62.3 Å². The molecule has 0 atom stereocenters. The molecule has 2 N–H and O–H groups in total. The summed E-state index contributed by atoms with van der Waals surface area (Å²) >= 11 is 0. The maximum Gasteiger partial charge on any atom is 0.195 e. The van der Waals surface area contributed by atoms with Gasteiger partial charge in [-0.1, -0.05) is 18.2 Å². The lowest BCUT2D eigenvalue weighted by Crippen LogP contribution is -2.05. The van der Waals surface area contributed by atoms with Gasteiger partial charge in [-0.25, -0.2) is 0 Å². The number of fused-ring (bicyclic) bond motifs is 1. The molecule has 0 radical (unpaired) electrons. The SMILES string of the molecule is COc1ccc(C(=O)c2c(CCO)[nH]c3ccccc23)cc1. The summed E-state index contributed by atoms with van der Waals surface area (Å²) in [5, 5.41) is 10.1. The number of aliphatic hydroxyl groups is 1. The summed E-state index contributed by atoms with van der Waals surface area (Å²) in [4.78, 5) is 16.1. The average Bonchev–Trinajstić information content (AvgIpc) is 2.92. The zero-order valence-corrected chi connectivity index (χ0v) is 12.3. The van der Waals surface area contributed by atoms with E-state index in [2.05, 4.69) is 4.98 Å². The third kappa shape index (κ3) is 2.49. The number of aliphatic hydroxyl groups excluding tert-OH is 1. The van der Waals surface area contributed by atoms with Gasteiger partial charge in [0.1, 0.15) is 5.75 Å². The molecule has 22 heavy (non-hydrogen) atoms. The molecule has 0 spiro atoms. The highest BCUT2D eigenvalue weighted by Crippen LogP contribution is 2.26. The summed E-state index contributed by atoms with van der Waals surface area (Å²) in [5.74, 6) is 0.662. The first-order valence-corrected chi connectivity index (χ1v) is 7.13. The molecule has 0 saturated heterocycles. The van der Waals surface area contributed by atoms with Crippen LogP contribution in [0.15, 0.2) is 48.5 Å². The van der Waals surface area contributed by atoms with Crippen LogP contribution in [0.4, 0.5) is 0 Å². The summed E-state index contributed by atoms with van der Waals surface area (Å²) in [5.41, 5.74) is 2.91. The van der Waals surface area contributed by atoms with Crippen molar-refractivity contribution in [3.63, 3.8) is 0 Å². The minimum Gasteiger partial charge on any atom is -0.497 e. The lowest BCUT2D eigenvalue weighted by atomic mass is 9.99. The Hall–Kier alpha value is -2.59. The van der Waals surface area contributed by atoms with Gasteiger partial charge >= 0.3 is 0 Å². The van der Waals surface area contributed by atoms with Crippen molar-refractivity contribution in [2.24, 2.45) is 0 Å². The van der Waals surface area contributed by atoms with Crippen molar-refractivity contribution in [3.8, 4) is 5.75 Å². The summed E-state index contributed by atoms with van der Waals surface area (Å²) in [6, 6.07) is 14.7. The highest BCUT2D eigenvalue weighted by atomic mass is 16.5. The summed E-state index contributed by atoms with van der Waals surface area (Å²) < 4.78 is 5.12. The van der Waals surface area contributed by atoms with Crippen LogP contribution in [0.2, 0.25) is 0 Å². The molecule has 3 aromatic rings. The highest BCUT2D eigenvalue weighted by Gasteiger charge is 2.19. The van der Waals surface area contributed by atoms with E-state index in [0.717, 1.165) is 16.6 Å². The smallest absolute Gasteiger partial charge is 0.195 e. The van der Waals surface area contributed by atoms with E-state index in [4.69, 9.17) is 4.74 Å². The first-order chi connectivity index (χ1) is 10.7. The van der Waals surface area contributed by atoms with Crippen molar-refractivity contribution in [3.05, 3.63) is 65.4 Å². The summed E-state index contributed by atoms with van der Waals surface area (Å²) in [6.45, 7) is -0.00425. The number of hydrogen-bond donors (Lipinski definition) is 2. The van der Waals surface area contributed by atoms with Crippen LogP contribution >= 0.6 is 0 Å². The van der Waals surface area contributed by atoms with Gasteiger partial charge in [0.05, 0.1) is 12.7 Å². The Morgan fingerprint density at radius 1 is 1.14 bits per heavy atom. The van der Waals surface area contributed by atoms with Crippen molar-refractivity contribution in [1.29, 1.82) is 0 Å². The molecule has 2 aromatic carbocycles. The van der Waals surface area contributed by atoms with Gasteiger partial charge < -0.3 is 14.8 Å². The normalized spacial score (nSPS) is 10.8. The van der Waals surface area contributed by atoms with Crippen LogP contribution in [-0.2, 0) is 6.42 Å². The zero-order valence-electron chi connectivity index (χ0n) is 12.3. The van der Waals surface area contributed by atoms with E-state index in [1.54, 1.807) is 31.4 Å². The van der Waals surface area contributed by atoms with E-state index < -0.39 is 0 Å². The first kappa shape index (κ1) is 14.4. The van der Waals surface area contributed by atoms with Crippen LogP contribution in [0.1, 0.15) is 21.6 Å². The largest absolute Gasteiger partial charge is 0.497 e. The molecular weight excluding hydrogens is 278 g/mol. The average molecular weight is 295 g/mol. The van der Waals surface area contributed by atoms with Gasteiger partial charge in [0.15, 0.2) is 5.78 Å². The molecule has 0 amide bonds. The maximum atomic E-state index is 12.9. The van der Waals surface area contributed by atoms with E-state index in [1.165, 1.54) is 0 Å². The lowest BCUT2D eigenvalue weighted by molar-refractivity contribution is 0.103. The number of benzene rings is 2. The number of nitrogens with one attached hydrogen (secondary N) is 1. The maximum absolute atomic E-state index is 12.9. The number of carbonyl (C=O) groups excluding carboxylic acids is 1. The number of methoxy groups -OCH3 is 1. The van der Waals surface area contributed by atoms with Crippen molar-refractivity contribution >= 4 is 16.7 Å². The molecule has 3 rings (SSSR count). The second kappa shape index (κ2) is 6.03. The van der Waals surface area contributed by atoms with Crippen molar-refractivity contribution in [2.75, 3.05) is 13.7 Å². The Labute approximate surface area is 128 Å². The Balaban J connectivity index is 2.10. The second-order valence-corrected chi connectivity index (χ2v) is 5.06. The molecule has 4 heteroatoms. The Bertz CT molecular complexity index is 803. The van der Waals surface area contributed by atoms with Gasteiger partial charge in [-0.05, 0) is 30.3 Å². The van der Waals surface area contributed by atoms with Crippen molar-refractivity contribution < 1.29 is 14.6 Å². The van der Waals surface area contributed by atoms with Crippen LogP contribution in [0.25, 0.3) is 10.9 Å². The quantitative estimate of drug-likeness (QED) is 0.711. The molecule has 0 aliphatic carbocycles. The van der Waals surface area contributed by atoms with E-state index in [0.29, 0.717) is 23.3 Å². The zero-order chi connectivity index (χ0) is 15.5. The highest BCUT2D eigenvalue weighted by molar-refractivity contribution is 6.17. The fraction of sp³-hybridized carbons (Fsp3) is 0.167. The minimum atomic E-state index is -0.0523. The molecule has 0 saturated carbocycles. The number of hydrogen-bond acceptors (Lipinski definition) is 3. The Kier molecular flexibility index (Phi) is 3.94. The molecular formula is C18H17NO3. The minimum absolute atomic E-state index is 0.00425. The van der Waals surface area contributed by atoms with E-state index >= 15 is 0 Å². The monoisotopic (exact) mass is 295 g/mol. The van der Waals surface area contributed by atoms with Gasteiger partial charge in [-0.2, -0.15) is 0 Å². The third-order valence-corrected chi connectivity index (χ3v) is 3.72. The van der Waals surface area contributed by atoms with Gasteiger partial charge in [0.2, 0.25) is 0 Å².